The van der Waals surface area contributed by atoms with Crippen molar-refractivity contribution in [3.8, 4) is 11.5 Å². The first kappa shape index (κ1) is 16.5. The van der Waals surface area contributed by atoms with Gasteiger partial charge in [-0.2, -0.15) is 4.98 Å². The summed E-state index contributed by atoms with van der Waals surface area (Å²) in [4.78, 5) is 19.0. The number of aromatic nitrogens is 2. The number of anilines is 1. The van der Waals surface area contributed by atoms with E-state index in [1.165, 1.54) is 17.5 Å². The van der Waals surface area contributed by atoms with E-state index in [0.29, 0.717) is 29.7 Å². The second-order valence-corrected chi connectivity index (χ2v) is 7.62. The van der Waals surface area contributed by atoms with E-state index in [2.05, 4.69) is 28.3 Å². The molecule has 1 amide bonds. The minimum atomic E-state index is -0.0672. The van der Waals surface area contributed by atoms with Crippen molar-refractivity contribution < 1.29 is 9.32 Å². The Morgan fingerprint density at radius 3 is 2.89 bits per heavy atom. The molecule has 0 bridgehead atoms. The van der Waals surface area contributed by atoms with Crippen LogP contribution >= 0.6 is 11.6 Å². The van der Waals surface area contributed by atoms with Crippen molar-refractivity contribution >= 4 is 23.2 Å². The molecule has 1 saturated heterocycles. The zero-order chi connectivity index (χ0) is 18.4. The van der Waals surface area contributed by atoms with Gasteiger partial charge in [0.25, 0.3) is 5.89 Å². The average Bonchev–Trinajstić information content (AvgIpc) is 3.40. The average molecular weight is 380 g/mol. The van der Waals surface area contributed by atoms with Crippen molar-refractivity contribution in [3.05, 3.63) is 64.4 Å². The van der Waals surface area contributed by atoms with E-state index in [1.54, 1.807) is 12.1 Å². The fourth-order valence-corrected chi connectivity index (χ4v) is 4.19. The topological polar surface area (TPSA) is 59.2 Å². The van der Waals surface area contributed by atoms with E-state index in [9.17, 15) is 4.79 Å². The van der Waals surface area contributed by atoms with Crippen LogP contribution in [0, 0.1) is 0 Å². The molecule has 0 spiro atoms. The van der Waals surface area contributed by atoms with Gasteiger partial charge in [-0.25, -0.2) is 0 Å². The molecule has 5 nitrogen and oxygen atoms in total. The van der Waals surface area contributed by atoms with Crippen molar-refractivity contribution in [2.45, 2.75) is 31.6 Å². The minimum Gasteiger partial charge on any atom is -0.334 e. The first-order chi connectivity index (χ1) is 13.2. The van der Waals surface area contributed by atoms with E-state index in [1.807, 2.05) is 17.0 Å². The van der Waals surface area contributed by atoms with E-state index in [4.69, 9.17) is 16.1 Å². The molecular weight excluding hydrogens is 362 g/mol. The molecule has 5 rings (SSSR count). The van der Waals surface area contributed by atoms with Crippen molar-refractivity contribution in [1.82, 2.24) is 10.1 Å². The molecule has 1 atom stereocenters. The Bertz CT molecular complexity index is 1030. The summed E-state index contributed by atoms with van der Waals surface area (Å²) in [6.45, 7) is 0.576. The fraction of sp³-hybridized carbons (Fsp3) is 0.286. The number of aryl methyl sites for hydroxylation is 2. The maximum Gasteiger partial charge on any atom is 0.257 e. The van der Waals surface area contributed by atoms with Crippen LogP contribution in [0.4, 0.5) is 5.69 Å². The molecule has 1 unspecified atom stereocenters. The molecular formula is C21H18ClN3O2. The van der Waals surface area contributed by atoms with Gasteiger partial charge in [-0.1, -0.05) is 28.9 Å². The minimum absolute atomic E-state index is 0.0672. The summed E-state index contributed by atoms with van der Waals surface area (Å²) in [5.74, 6) is 1.03. The predicted octanol–water partition coefficient (Wildman–Crippen LogP) is 4.40. The highest BCUT2D eigenvalue weighted by Gasteiger charge is 2.35. The van der Waals surface area contributed by atoms with Crippen LogP contribution in [0.5, 0.6) is 0 Å². The highest BCUT2D eigenvalue weighted by atomic mass is 35.5. The molecule has 2 heterocycles. The van der Waals surface area contributed by atoms with Gasteiger partial charge in [-0.15, -0.1) is 0 Å². The molecule has 0 saturated carbocycles. The van der Waals surface area contributed by atoms with E-state index < -0.39 is 0 Å². The first-order valence-electron chi connectivity index (χ1n) is 9.19. The SMILES string of the molecule is O=C1CC(c2noc(-c3cccc(Cl)c3)n2)CN1c1ccc2c(c1)CCC2. The summed E-state index contributed by atoms with van der Waals surface area (Å²) in [6, 6.07) is 13.7. The second-order valence-electron chi connectivity index (χ2n) is 7.18. The van der Waals surface area contributed by atoms with Gasteiger partial charge < -0.3 is 9.42 Å². The smallest absolute Gasteiger partial charge is 0.257 e. The fourth-order valence-electron chi connectivity index (χ4n) is 4.00. The number of rotatable bonds is 3. The molecule has 1 aromatic heterocycles. The maximum absolute atomic E-state index is 12.6. The normalized spacial score (nSPS) is 18.9. The van der Waals surface area contributed by atoms with Crippen LogP contribution in [0.2, 0.25) is 5.02 Å². The van der Waals surface area contributed by atoms with Gasteiger partial charge >= 0.3 is 0 Å². The van der Waals surface area contributed by atoms with Crippen LogP contribution in [0.1, 0.15) is 35.7 Å². The summed E-state index contributed by atoms with van der Waals surface area (Å²) >= 11 is 6.03. The number of carbonyl (C=O) groups is 1. The highest BCUT2D eigenvalue weighted by molar-refractivity contribution is 6.30. The number of amides is 1. The van der Waals surface area contributed by atoms with E-state index in [-0.39, 0.29) is 11.8 Å². The Hall–Kier alpha value is -2.66. The Labute approximate surface area is 161 Å². The van der Waals surface area contributed by atoms with Crippen molar-refractivity contribution in [1.29, 1.82) is 0 Å². The number of hydrogen-bond acceptors (Lipinski definition) is 4. The van der Waals surface area contributed by atoms with Gasteiger partial charge in [-0.05, 0) is 60.7 Å². The molecule has 1 aliphatic carbocycles. The number of benzene rings is 2. The number of carbonyl (C=O) groups excluding carboxylic acids is 1. The summed E-state index contributed by atoms with van der Waals surface area (Å²) in [6.07, 6.45) is 3.83. The molecule has 6 heteroatoms. The molecule has 1 fully saturated rings. The lowest BCUT2D eigenvalue weighted by Gasteiger charge is -2.17. The Kier molecular flexibility index (Phi) is 3.97. The van der Waals surface area contributed by atoms with Crippen molar-refractivity contribution in [2.75, 3.05) is 11.4 Å². The molecule has 2 aromatic carbocycles. The third-order valence-corrected chi connectivity index (χ3v) is 5.63. The molecule has 27 heavy (non-hydrogen) atoms. The van der Waals surface area contributed by atoms with Gasteiger partial charge in [0.1, 0.15) is 0 Å². The zero-order valence-corrected chi connectivity index (χ0v) is 15.4. The first-order valence-corrected chi connectivity index (χ1v) is 9.57. The van der Waals surface area contributed by atoms with E-state index in [0.717, 1.165) is 24.1 Å². The van der Waals surface area contributed by atoms with Gasteiger partial charge in [0.05, 0.1) is 0 Å². The quantitative estimate of drug-likeness (QED) is 0.676. The van der Waals surface area contributed by atoms with Crippen LogP contribution < -0.4 is 4.90 Å². The van der Waals surface area contributed by atoms with Crippen LogP contribution in [-0.2, 0) is 17.6 Å². The number of hydrogen-bond donors (Lipinski definition) is 0. The summed E-state index contributed by atoms with van der Waals surface area (Å²) < 4.78 is 5.41. The molecule has 0 N–H and O–H groups in total. The van der Waals surface area contributed by atoms with Crippen LogP contribution in [0.3, 0.4) is 0 Å². The van der Waals surface area contributed by atoms with Crippen LogP contribution in [0.15, 0.2) is 47.0 Å². The molecule has 136 valence electrons. The lowest BCUT2D eigenvalue weighted by Crippen LogP contribution is -2.24. The van der Waals surface area contributed by atoms with E-state index >= 15 is 0 Å². The van der Waals surface area contributed by atoms with Crippen molar-refractivity contribution in [3.63, 3.8) is 0 Å². The van der Waals surface area contributed by atoms with Gasteiger partial charge in [0.15, 0.2) is 5.82 Å². The van der Waals surface area contributed by atoms with Gasteiger partial charge in [-0.3, -0.25) is 4.79 Å². The largest absolute Gasteiger partial charge is 0.334 e. The predicted molar refractivity (Wildman–Crippen MR) is 103 cm³/mol. The zero-order valence-electron chi connectivity index (χ0n) is 14.7. The summed E-state index contributed by atoms with van der Waals surface area (Å²) in [5, 5.41) is 4.73. The monoisotopic (exact) mass is 379 g/mol. The molecule has 1 aliphatic heterocycles. The third kappa shape index (κ3) is 3.02. The molecule has 2 aliphatic rings. The second kappa shape index (κ2) is 6.50. The third-order valence-electron chi connectivity index (χ3n) is 5.40. The number of halogens is 1. The molecule has 3 aromatic rings. The standard InChI is InChI=1S/C21H18ClN3O2/c22-17-6-2-5-15(9-17)21-23-20(24-27-21)16-11-19(26)25(12-16)18-8-7-13-3-1-4-14(13)10-18/h2,5-10,16H,1,3-4,11-12H2. The van der Waals surface area contributed by atoms with Crippen molar-refractivity contribution in [2.24, 2.45) is 0 Å². The maximum atomic E-state index is 12.6. The Balaban J connectivity index is 1.38. The highest BCUT2D eigenvalue weighted by Crippen LogP contribution is 2.34. The summed E-state index contributed by atoms with van der Waals surface area (Å²) in [5.41, 5.74) is 4.53. The Morgan fingerprint density at radius 2 is 2.00 bits per heavy atom. The summed E-state index contributed by atoms with van der Waals surface area (Å²) in [7, 11) is 0. The Morgan fingerprint density at radius 1 is 1.11 bits per heavy atom. The van der Waals surface area contributed by atoms with Crippen LogP contribution in [-0.4, -0.2) is 22.6 Å². The van der Waals surface area contributed by atoms with Crippen LogP contribution in [0.25, 0.3) is 11.5 Å². The number of nitrogens with zero attached hydrogens (tertiary/aromatic N) is 3. The van der Waals surface area contributed by atoms with Gasteiger partial charge in [0.2, 0.25) is 5.91 Å². The van der Waals surface area contributed by atoms with Gasteiger partial charge in [0, 0.05) is 35.2 Å². The lowest BCUT2D eigenvalue weighted by atomic mass is 10.1. The number of fused-ring (bicyclic) bond motifs is 1. The molecule has 0 radical (unpaired) electrons. The lowest BCUT2D eigenvalue weighted by molar-refractivity contribution is -0.117.